The van der Waals surface area contributed by atoms with Crippen molar-refractivity contribution in [2.75, 3.05) is 13.1 Å². The van der Waals surface area contributed by atoms with Crippen molar-refractivity contribution in [3.05, 3.63) is 42.0 Å². The third kappa shape index (κ3) is 4.74. The van der Waals surface area contributed by atoms with Crippen molar-refractivity contribution in [3.8, 4) is 0 Å². The number of allylic oxidation sites excluding steroid dienone is 1. The lowest BCUT2D eigenvalue weighted by Gasteiger charge is -2.19. The van der Waals surface area contributed by atoms with E-state index in [9.17, 15) is 4.79 Å². The highest BCUT2D eigenvalue weighted by Crippen LogP contribution is 2.12. The van der Waals surface area contributed by atoms with Gasteiger partial charge in [0.25, 0.3) is 0 Å². The fourth-order valence-electron chi connectivity index (χ4n) is 1.79. The minimum Gasteiger partial charge on any atom is -0.339 e. The van der Waals surface area contributed by atoms with Gasteiger partial charge in [0, 0.05) is 20.0 Å². The van der Waals surface area contributed by atoms with Gasteiger partial charge < -0.3 is 4.90 Å². The topological polar surface area (TPSA) is 20.3 Å². The second-order valence-corrected chi connectivity index (χ2v) is 4.57. The molecule has 0 radical (unpaired) electrons. The summed E-state index contributed by atoms with van der Waals surface area (Å²) in [6, 6.07) is 10.3. The quantitative estimate of drug-likeness (QED) is 0.747. The van der Waals surface area contributed by atoms with Gasteiger partial charge in [-0.1, -0.05) is 49.8 Å². The molecular formula is C16H23NO. The third-order valence-corrected chi connectivity index (χ3v) is 3.07. The first kappa shape index (κ1) is 14.5. The van der Waals surface area contributed by atoms with E-state index in [1.807, 2.05) is 23.1 Å². The zero-order valence-corrected chi connectivity index (χ0v) is 11.6. The van der Waals surface area contributed by atoms with Crippen LogP contribution in [0.25, 0.3) is 5.57 Å². The van der Waals surface area contributed by atoms with Crippen molar-refractivity contribution >= 4 is 11.5 Å². The summed E-state index contributed by atoms with van der Waals surface area (Å²) in [5.41, 5.74) is 2.44. The van der Waals surface area contributed by atoms with Gasteiger partial charge in [-0.15, -0.1) is 0 Å². The minimum absolute atomic E-state index is 0.153. The lowest BCUT2D eigenvalue weighted by atomic mass is 10.1. The molecule has 0 atom stereocenters. The largest absolute Gasteiger partial charge is 0.339 e. The smallest absolute Gasteiger partial charge is 0.219 e. The van der Waals surface area contributed by atoms with E-state index >= 15 is 0 Å². The van der Waals surface area contributed by atoms with Crippen LogP contribution in [0.1, 0.15) is 39.2 Å². The highest BCUT2D eigenvalue weighted by atomic mass is 16.2. The number of hydrogen-bond acceptors (Lipinski definition) is 1. The molecule has 0 saturated heterocycles. The molecule has 0 aliphatic heterocycles. The van der Waals surface area contributed by atoms with Crippen molar-refractivity contribution in [2.24, 2.45) is 0 Å². The summed E-state index contributed by atoms with van der Waals surface area (Å²) in [5.74, 6) is 0.153. The SMILES string of the molecule is CCCCN(C/C=C(\C)c1ccccc1)C(C)=O. The van der Waals surface area contributed by atoms with E-state index in [1.54, 1.807) is 6.92 Å². The number of amides is 1. The summed E-state index contributed by atoms with van der Waals surface area (Å²) in [7, 11) is 0. The molecule has 2 nitrogen and oxygen atoms in total. The Hall–Kier alpha value is -1.57. The first-order valence-corrected chi connectivity index (χ1v) is 6.62. The van der Waals surface area contributed by atoms with Gasteiger partial charge in [-0.05, 0) is 24.5 Å². The first-order valence-electron chi connectivity index (χ1n) is 6.62. The normalized spacial score (nSPS) is 11.4. The van der Waals surface area contributed by atoms with E-state index in [4.69, 9.17) is 0 Å². The lowest BCUT2D eigenvalue weighted by Crippen LogP contribution is -2.29. The van der Waals surface area contributed by atoms with E-state index in [0.717, 1.165) is 19.4 Å². The maximum atomic E-state index is 11.5. The molecule has 1 rings (SSSR count). The van der Waals surface area contributed by atoms with Crippen LogP contribution in [0.5, 0.6) is 0 Å². The zero-order chi connectivity index (χ0) is 13.4. The van der Waals surface area contributed by atoms with Gasteiger partial charge in [0.05, 0.1) is 0 Å². The van der Waals surface area contributed by atoms with E-state index in [2.05, 4.69) is 32.1 Å². The molecule has 0 bridgehead atoms. The molecule has 0 spiro atoms. The monoisotopic (exact) mass is 245 g/mol. The number of hydrogen-bond donors (Lipinski definition) is 0. The van der Waals surface area contributed by atoms with Crippen molar-refractivity contribution in [1.82, 2.24) is 4.90 Å². The van der Waals surface area contributed by atoms with E-state index in [0.29, 0.717) is 6.54 Å². The predicted molar refractivity (Wildman–Crippen MR) is 77.3 cm³/mol. The number of nitrogens with zero attached hydrogens (tertiary/aromatic N) is 1. The molecule has 0 N–H and O–H groups in total. The summed E-state index contributed by atoms with van der Waals surface area (Å²) in [5, 5.41) is 0. The van der Waals surface area contributed by atoms with E-state index < -0.39 is 0 Å². The highest BCUT2D eigenvalue weighted by Gasteiger charge is 2.05. The maximum absolute atomic E-state index is 11.5. The fraction of sp³-hybridized carbons (Fsp3) is 0.438. The third-order valence-electron chi connectivity index (χ3n) is 3.07. The molecule has 0 unspecified atom stereocenters. The van der Waals surface area contributed by atoms with Crippen LogP contribution in [0.15, 0.2) is 36.4 Å². The molecular weight excluding hydrogens is 222 g/mol. The van der Waals surface area contributed by atoms with E-state index in [-0.39, 0.29) is 5.91 Å². The molecule has 1 aromatic rings. The summed E-state index contributed by atoms with van der Waals surface area (Å²) < 4.78 is 0. The van der Waals surface area contributed by atoms with Gasteiger partial charge >= 0.3 is 0 Å². The Bertz CT molecular complexity index is 395. The Morgan fingerprint density at radius 1 is 1.22 bits per heavy atom. The van der Waals surface area contributed by atoms with Crippen LogP contribution in [-0.4, -0.2) is 23.9 Å². The molecule has 0 fully saturated rings. The Kier molecular flexibility index (Phi) is 6.20. The molecule has 1 amide bonds. The van der Waals surface area contributed by atoms with Crippen LogP contribution in [0.4, 0.5) is 0 Å². The number of rotatable bonds is 6. The van der Waals surface area contributed by atoms with Crippen molar-refractivity contribution in [2.45, 2.75) is 33.6 Å². The molecule has 0 aliphatic carbocycles. The predicted octanol–water partition coefficient (Wildman–Crippen LogP) is 3.74. The van der Waals surface area contributed by atoms with Crippen LogP contribution >= 0.6 is 0 Å². The average molecular weight is 245 g/mol. The van der Waals surface area contributed by atoms with Crippen LogP contribution in [0.2, 0.25) is 0 Å². The molecule has 0 aromatic heterocycles. The lowest BCUT2D eigenvalue weighted by molar-refractivity contribution is -0.128. The van der Waals surface area contributed by atoms with Gasteiger partial charge in [-0.25, -0.2) is 0 Å². The molecule has 2 heteroatoms. The first-order chi connectivity index (χ1) is 8.65. The number of benzene rings is 1. The average Bonchev–Trinajstić information content (AvgIpc) is 2.39. The number of carbonyl (C=O) groups excluding carboxylic acids is 1. The van der Waals surface area contributed by atoms with Gasteiger partial charge in [0.15, 0.2) is 0 Å². The number of carbonyl (C=O) groups is 1. The molecule has 18 heavy (non-hydrogen) atoms. The van der Waals surface area contributed by atoms with Crippen LogP contribution in [-0.2, 0) is 4.79 Å². The summed E-state index contributed by atoms with van der Waals surface area (Å²) >= 11 is 0. The fourth-order valence-corrected chi connectivity index (χ4v) is 1.79. The van der Waals surface area contributed by atoms with Gasteiger partial charge in [-0.2, -0.15) is 0 Å². The second-order valence-electron chi connectivity index (χ2n) is 4.57. The molecule has 1 aromatic carbocycles. The van der Waals surface area contributed by atoms with E-state index in [1.165, 1.54) is 11.1 Å². The van der Waals surface area contributed by atoms with Crippen LogP contribution < -0.4 is 0 Å². The van der Waals surface area contributed by atoms with Crippen LogP contribution in [0, 0.1) is 0 Å². The zero-order valence-electron chi connectivity index (χ0n) is 11.6. The van der Waals surface area contributed by atoms with Gasteiger partial charge in [0.1, 0.15) is 0 Å². The maximum Gasteiger partial charge on any atom is 0.219 e. The van der Waals surface area contributed by atoms with Crippen molar-refractivity contribution < 1.29 is 4.79 Å². The minimum atomic E-state index is 0.153. The highest BCUT2D eigenvalue weighted by molar-refractivity contribution is 5.74. The Morgan fingerprint density at radius 3 is 2.44 bits per heavy atom. The Balaban J connectivity index is 2.62. The second kappa shape index (κ2) is 7.70. The number of unbranched alkanes of at least 4 members (excludes halogenated alkanes) is 1. The standard InChI is InChI=1S/C16H23NO/c1-4-5-12-17(15(3)18)13-11-14(2)16-9-7-6-8-10-16/h6-11H,4-5,12-13H2,1-3H3/b14-11+. The molecule has 0 heterocycles. The van der Waals surface area contributed by atoms with Gasteiger partial charge in [-0.3, -0.25) is 4.79 Å². The Labute approximate surface area is 110 Å². The molecule has 0 saturated carbocycles. The molecule has 0 aliphatic rings. The van der Waals surface area contributed by atoms with Crippen LogP contribution in [0.3, 0.4) is 0 Å². The van der Waals surface area contributed by atoms with Gasteiger partial charge in [0.2, 0.25) is 5.91 Å². The Morgan fingerprint density at radius 2 is 1.89 bits per heavy atom. The van der Waals surface area contributed by atoms with Crippen molar-refractivity contribution in [3.63, 3.8) is 0 Å². The summed E-state index contributed by atoms with van der Waals surface area (Å²) in [6.07, 6.45) is 4.31. The van der Waals surface area contributed by atoms with Crippen molar-refractivity contribution in [1.29, 1.82) is 0 Å². The summed E-state index contributed by atoms with van der Waals surface area (Å²) in [4.78, 5) is 13.4. The summed E-state index contributed by atoms with van der Waals surface area (Å²) in [6.45, 7) is 7.43. The molecule has 98 valence electrons.